The molecule has 0 radical (unpaired) electrons. The van der Waals surface area contributed by atoms with Gasteiger partial charge in [0.25, 0.3) is 5.91 Å². The summed E-state index contributed by atoms with van der Waals surface area (Å²) in [7, 11) is 0. The molecule has 0 saturated heterocycles. The number of rotatable bonds is 2. The topological polar surface area (TPSA) is 55.4 Å². The second-order valence-corrected chi connectivity index (χ2v) is 3.44. The molecule has 0 bridgehead atoms. The van der Waals surface area contributed by atoms with Crippen LogP contribution in [0, 0.1) is 6.92 Å². The zero-order valence-electron chi connectivity index (χ0n) is 9.24. The quantitative estimate of drug-likeness (QED) is 0.775. The fraction of sp³-hybridized carbons (Fsp3) is 0.167. The smallest absolute Gasteiger partial charge is 0.410 e. The van der Waals surface area contributed by atoms with Crippen molar-refractivity contribution < 1.29 is 14.3 Å². The minimum Gasteiger partial charge on any atom is -0.410 e. The second-order valence-electron chi connectivity index (χ2n) is 3.44. The lowest BCUT2D eigenvalue weighted by atomic mass is 10.2. The number of carbonyl (C=O) groups excluding carboxylic acids is 2. The zero-order chi connectivity index (χ0) is 12.1. The Balaban J connectivity index is 2.55. The molecule has 16 heavy (non-hydrogen) atoms. The van der Waals surface area contributed by atoms with Crippen LogP contribution in [0.25, 0.3) is 0 Å². The summed E-state index contributed by atoms with van der Waals surface area (Å²) in [6.07, 6.45) is -0.808. The molecule has 84 valence electrons. The van der Waals surface area contributed by atoms with Gasteiger partial charge in [0.2, 0.25) is 0 Å². The summed E-state index contributed by atoms with van der Waals surface area (Å²) < 4.78 is 4.88. The first-order valence-electron chi connectivity index (χ1n) is 4.74. The summed E-state index contributed by atoms with van der Waals surface area (Å²) >= 11 is 0. The monoisotopic (exact) mass is 219 g/mol. The van der Waals surface area contributed by atoms with Crippen LogP contribution >= 0.6 is 0 Å². The average Bonchev–Trinajstić information content (AvgIpc) is 2.21. The highest BCUT2D eigenvalue weighted by Crippen LogP contribution is 2.11. The van der Waals surface area contributed by atoms with E-state index in [9.17, 15) is 9.59 Å². The van der Waals surface area contributed by atoms with E-state index in [0.717, 1.165) is 5.56 Å². The summed E-state index contributed by atoms with van der Waals surface area (Å²) in [6.45, 7) is 6.84. The lowest BCUT2D eigenvalue weighted by Crippen LogP contribution is -2.33. The summed E-state index contributed by atoms with van der Waals surface area (Å²) in [5, 5.41) is 2.04. The van der Waals surface area contributed by atoms with Gasteiger partial charge in [0.15, 0.2) is 0 Å². The fourth-order valence-corrected chi connectivity index (χ4v) is 0.938. The van der Waals surface area contributed by atoms with Crippen LogP contribution in [-0.4, -0.2) is 12.0 Å². The molecule has 0 aliphatic heterocycles. The van der Waals surface area contributed by atoms with Crippen molar-refractivity contribution in [2.75, 3.05) is 0 Å². The summed E-state index contributed by atoms with van der Waals surface area (Å²) in [4.78, 5) is 22.3. The number of imide groups is 1. The number of benzene rings is 1. The second kappa shape index (κ2) is 5.11. The summed E-state index contributed by atoms with van der Waals surface area (Å²) in [6, 6.07) is 6.92. The van der Waals surface area contributed by atoms with Crippen molar-refractivity contribution in [3.05, 3.63) is 42.0 Å². The van der Waals surface area contributed by atoms with E-state index in [0.29, 0.717) is 5.75 Å². The molecule has 0 aliphatic rings. The molecular weight excluding hydrogens is 206 g/mol. The van der Waals surface area contributed by atoms with Crippen molar-refractivity contribution in [3.63, 3.8) is 0 Å². The van der Waals surface area contributed by atoms with E-state index in [1.165, 1.54) is 6.92 Å². The van der Waals surface area contributed by atoms with Crippen molar-refractivity contribution >= 4 is 12.0 Å². The standard InChI is InChI=1S/C12H13NO3/c1-8(2)11(14)13-12(15)16-10-6-4-9(3)5-7-10/h4-7H,1H2,2-3H3,(H,13,14,15). The molecular formula is C12H13NO3. The van der Waals surface area contributed by atoms with Crippen molar-refractivity contribution in [2.45, 2.75) is 13.8 Å². The third-order valence-corrected chi connectivity index (χ3v) is 1.83. The number of carbonyl (C=O) groups is 2. The van der Waals surface area contributed by atoms with Gasteiger partial charge in [-0.15, -0.1) is 0 Å². The predicted octanol–water partition coefficient (Wildman–Crippen LogP) is 2.19. The molecule has 4 nitrogen and oxygen atoms in total. The Bertz CT molecular complexity index is 420. The summed E-state index contributed by atoms with van der Waals surface area (Å²) in [5.74, 6) is -0.158. The summed E-state index contributed by atoms with van der Waals surface area (Å²) in [5.41, 5.74) is 1.31. The van der Waals surface area contributed by atoms with Gasteiger partial charge >= 0.3 is 6.09 Å². The Kier molecular flexibility index (Phi) is 3.83. The minimum atomic E-state index is -0.808. The van der Waals surface area contributed by atoms with Gasteiger partial charge in [-0.05, 0) is 26.0 Å². The van der Waals surface area contributed by atoms with E-state index in [4.69, 9.17) is 4.74 Å². The van der Waals surface area contributed by atoms with E-state index in [-0.39, 0.29) is 5.57 Å². The van der Waals surface area contributed by atoms with Crippen LogP contribution in [0.15, 0.2) is 36.4 Å². The maximum absolute atomic E-state index is 11.2. The van der Waals surface area contributed by atoms with Gasteiger partial charge in [-0.25, -0.2) is 4.79 Å². The van der Waals surface area contributed by atoms with Crippen molar-refractivity contribution in [1.82, 2.24) is 5.32 Å². The number of ether oxygens (including phenoxy) is 1. The van der Waals surface area contributed by atoms with Gasteiger partial charge in [0.1, 0.15) is 5.75 Å². The van der Waals surface area contributed by atoms with Crippen molar-refractivity contribution in [1.29, 1.82) is 0 Å². The Morgan fingerprint density at radius 3 is 2.31 bits per heavy atom. The molecule has 2 amide bonds. The van der Waals surface area contributed by atoms with Crippen LogP contribution in [0.3, 0.4) is 0 Å². The van der Waals surface area contributed by atoms with E-state index in [1.807, 2.05) is 24.4 Å². The zero-order valence-corrected chi connectivity index (χ0v) is 9.24. The SMILES string of the molecule is C=C(C)C(=O)NC(=O)Oc1ccc(C)cc1. The molecule has 0 fully saturated rings. The maximum Gasteiger partial charge on any atom is 0.419 e. The van der Waals surface area contributed by atoms with Crippen LogP contribution in [0.5, 0.6) is 5.75 Å². The van der Waals surface area contributed by atoms with Crippen LogP contribution in [-0.2, 0) is 4.79 Å². The highest BCUT2D eigenvalue weighted by atomic mass is 16.6. The van der Waals surface area contributed by atoms with Gasteiger partial charge in [0, 0.05) is 5.57 Å². The Labute approximate surface area is 93.9 Å². The van der Waals surface area contributed by atoms with E-state index in [1.54, 1.807) is 12.1 Å². The third kappa shape index (κ3) is 3.57. The van der Waals surface area contributed by atoms with Gasteiger partial charge in [-0.2, -0.15) is 0 Å². The molecule has 1 rings (SSSR count). The van der Waals surface area contributed by atoms with Crippen LogP contribution in [0.1, 0.15) is 12.5 Å². The van der Waals surface area contributed by atoms with Crippen molar-refractivity contribution in [2.24, 2.45) is 0 Å². The number of amides is 2. The number of hydrogen-bond donors (Lipinski definition) is 1. The van der Waals surface area contributed by atoms with E-state index < -0.39 is 12.0 Å². The molecule has 0 aromatic heterocycles. The Hall–Kier alpha value is -2.10. The number of hydrogen-bond acceptors (Lipinski definition) is 3. The van der Waals surface area contributed by atoms with E-state index >= 15 is 0 Å². The molecule has 0 aliphatic carbocycles. The molecule has 0 unspecified atom stereocenters. The normalized spacial score (nSPS) is 9.38. The van der Waals surface area contributed by atoms with Gasteiger partial charge in [0.05, 0.1) is 0 Å². The minimum absolute atomic E-state index is 0.251. The van der Waals surface area contributed by atoms with Crippen molar-refractivity contribution in [3.8, 4) is 5.75 Å². The molecule has 1 N–H and O–H groups in total. The molecule has 4 heteroatoms. The maximum atomic E-state index is 11.2. The van der Waals surface area contributed by atoms with Crippen LogP contribution in [0.2, 0.25) is 0 Å². The first-order valence-corrected chi connectivity index (χ1v) is 4.74. The van der Waals surface area contributed by atoms with E-state index in [2.05, 4.69) is 6.58 Å². The molecule has 0 spiro atoms. The number of aryl methyl sites for hydroxylation is 1. The molecule has 0 saturated carbocycles. The lowest BCUT2D eigenvalue weighted by Gasteiger charge is -2.05. The van der Waals surface area contributed by atoms with Crippen LogP contribution in [0.4, 0.5) is 4.79 Å². The first-order chi connectivity index (χ1) is 7.49. The van der Waals surface area contributed by atoms with Crippen LogP contribution < -0.4 is 10.1 Å². The lowest BCUT2D eigenvalue weighted by molar-refractivity contribution is -0.116. The first kappa shape index (κ1) is 12.0. The Morgan fingerprint density at radius 2 is 1.81 bits per heavy atom. The highest BCUT2D eigenvalue weighted by Gasteiger charge is 2.09. The highest BCUT2D eigenvalue weighted by molar-refractivity contribution is 6.01. The largest absolute Gasteiger partial charge is 0.419 e. The fourth-order valence-electron chi connectivity index (χ4n) is 0.938. The third-order valence-electron chi connectivity index (χ3n) is 1.83. The average molecular weight is 219 g/mol. The molecule has 1 aromatic carbocycles. The molecule has 0 heterocycles. The molecule has 1 aromatic rings. The predicted molar refractivity (Wildman–Crippen MR) is 60.2 cm³/mol. The van der Waals surface area contributed by atoms with Gasteiger partial charge in [-0.3, -0.25) is 10.1 Å². The Morgan fingerprint density at radius 1 is 1.25 bits per heavy atom. The number of nitrogens with one attached hydrogen (secondary N) is 1. The van der Waals surface area contributed by atoms with Gasteiger partial charge in [-0.1, -0.05) is 24.3 Å². The molecule has 0 atom stereocenters. The van der Waals surface area contributed by atoms with Gasteiger partial charge < -0.3 is 4.74 Å².